The average Bonchev–Trinajstić information content (AvgIpc) is 3.13. The lowest BCUT2D eigenvalue weighted by atomic mass is 9.84. The molecule has 4 unspecified atom stereocenters. The van der Waals surface area contributed by atoms with Crippen molar-refractivity contribution >= 4 is 16.0 Å². The number of nitrogens with one attached hydrogen (secondary N) is 1. The lowest BCUT2D eigenvalue weighted by molar-refractivity contribution is 0.0656. The lowest BCUT2D eigenvalue weighted by Crippen LogP contribution is -2.39. The van der Waals surface area contributed by atoms with E-state index in [-0.39, 0.29) is 16.9 Å². The summed E-state index contributed by atoms with van der Waals surface area (Å²) in [5, 5.41) is 8.44. The van der Waals surface area contributed by atoms with Gasteiger partial charge < -0.3 is 9.52 Å². The Balaban J connectivity index is 1.71. The van der Waals surface area contributed by atoms with Gasteiger partial charge in [0.1, 0.15) is 0 Å². The predicted octanol–water partition coefficient (Wildman–Crippen LogP) is 2.08. The molecule has 0 amide bonds. The monoisotopic (exact) mass is 313 g/mol. The van der Waals surface area contributed by atoms with Crippen molar-refractivity contribution in [1.82, 2.24) is 4.72 Å². The van der Waals surface area contributed by atoms with E-state index in [0.29, 0.717) is 11.8 Å². The molecule has 3 rings (SSSR count). The van der Waals surface area contributed by atoms with Crippen molar-refractivity contribution in [3.63, 3.8) is 0 Å². The third-order valence-electron chi connectivity index (χ3n) is 4.83. The third-order valence-corrected chi connectivity index (χ3v) is 6.26. The Kier molecular flexibility index (Phi) is 3.57. The smallest absolute Gasteiger partial charge is 0.371 e. The van der Waals surface area contributed by atoms with Crippen LogP contribution in [0.4, 0.5) is 0 Å². The number of sulfonamides is 1. The van der Waals surface area contributed by atoms with E-state index in [9.17, 15) is 13.2 Å². The maximum absolute atomic E-state index is 12.2. The van der Waals surface area contributed by atoms with Gasteiger partial charge in [-0.25, -0.2) is 17.9 Å². The standard InChI is InChI=1S/C14H19NO5S/c1-8(11-7-9-2-3-10(11)6-9)15-21(18,19)13-5-4-12(20-13)14(16)17/h4-5,8-11,15H,2-3,6-7H2,1H3,(H,16,17). The molecule has 2 saturated carbocycles. The number of carbonyl (C=O) groups is 1. The second kappa shape index (κ2) is 5.14. The fraction of sp³-hybridized carbons (Fsp3) is 0.643. The van der Waals surface area contributed by atoms with Crippen LogP contribution < -0.4 is 4.72 Å². The molecule has 2 bridgehead atoms. The van der Waals surface area contributed by atoms with E-state index in [4.69, 9.17) is 9.52 Å². The van der Waals surface area contributed by atoms with Crippen LogP contribution in [0.15, 0.2) is 21.6 Å². The van der Waals surface area contributed by atoms with Crippen LogP contribution in [-0.4, -0.2) is 25.5 Å². The molecular weight excluding hydrogens is 294 g/mol. The summed E-state index contributed by atoms with van der Waals surface area (Å²) in [6, 6.07) is 2.17. The number of hydrogen-bond acceptors (Lipinski definition) is 4. The van der Waals surface area contributed by atoms with Crippen LogP contribution in [0, 0.1) is 17.8 Å². The molecule has 0 aliphatic heterocycles. The summed E-state index contributed by atoms with van der Waals surface area (Å²) in [4.78, 5) is 10.8. The zero-order valence-corrected chi connectivity index (χ0v) is 12.6. The van der Waals surface area contributed by atoms with E-state index in [1.165, 1.54) is 25.3 Å². The summed E-state index contributed by atoms with van der Waals surface area (Å²) >= 11 is 0. The van der Waals surface area contributed by atoms with Gasteiger partial charge >= 0.3 is 5.97 Å². The maximum atomic E-state index is 12.2. The number of carboxylic acid groups (broad SMARTS) is 1. The Hall–Kier alpha value is -1.34. The van der Waals surface area contributed by atoms with Crippen LogP contribution in [0.3, 0.4) is 0 Å². The van der Waals surface area contributed by atoms with Gasteiger partial charge in [0.05, 0.1) is 0 Å². The maximum Gasteiger partial charge on any atom is 0.371 e. The van der Waals surface area contributed by atoms with E-state index < -0.39 is 16.0 Å². The third kappa shape index (κ3) is 2.72. The van der Waals surface area contributed by atoms with Gasteiger partial charge in [0.25, 0.3) is 10.0 Å². The van der Waals surface area contributed by atoms with Crippen LogP contribution in [0.25, 0.3) is 0 Å². The predicted molar refractivity (Wildman–Crippen MR) is 74.4 cm³/mol. The van der Waals surface area contributed by atoms with Crippen LogP contribution in [0.2, 0.25) is 0 Å². The summed E-state index contributed by atoms with van der Waals surface area (Å²) in [5.74, 6) is 0.0704. The largest absolute Gasteiger partial charge is 0.475 e. The molecule has 2 N–H and O–H groups in total. The highest BCUT2D eigenvalue weighted by atomic mass is 32.2. The molecule has 0 aromatic carbocycles. The van der Waals surface area contributed by atoms with E-state index >= 15 is 0 Å². The SMILES string of the molecule is CC(NS(=O)(=O)c1ccc(C(=O)O)o1)C1CC2CCC1C2. The minimum absolute atomic E-state index is 0.163. The van der Waals surface area contributed by atoms with Gasteiger partial charge in [-0.1, -0.05) is 6.42 Å². The number of carboxylic acids is 1. The highest BCUT2D eigenvalue weighted by Gasteiger charge is 2.42. The van der Waals surface area contributed by atoms with E-state index in [0.717, 1.165) is 18.4 Å². The molecule has 1 aromatic rings. The second-order valence-corrected chi connectivity index (χ2v) is 7.82. The molecule has 6 nitrogen and oxygen atoms in total. The van der Waals surface area contributed by atoms with E-state index in [2.05, 4.69) is 4.72 Å². The fourth-order valence-corrected chi connectivity index (χ4v) is 5.10. The quantitative estimate of drug-likeness (QED) is 0.867. The molecule has 2 aliphatic rings. The van der Waals surface area contributed by atoms with Crippen LogP contribution in [0.5, 0.6) is 0 Å². The van der Waals surface area contributed by atoms with E-state index in [1.807, 2.05) is 6.92 Å². The van der Waals surface area contributed by atoms with Crippen molar-refractivity contribution in [1.29, 1.82) is 0 Å². The number of rotatable bonds is 5. The summed E-state index contributed by atoms with van der Waals surface area (Å²) in [5.41, 5.74) is 0. The Morgan fingerprint density at radius 2 is 2.14 bits per heavy atom. The summed E-state index contributed by atoms with van der Waals surface area (Å²) in [6.07, 6.45) is 4.74. The zero-order valence-electron chi connectivity index (χ0n) is 11.8. The Labute approximate surface area is 123 Å². The molecule has 0 saturated heterocycles. The van der Waals surface area contributed by atoms with Gasteiger partial charge in [0, 0.05) is 6.04 Å². The first kappa shape index (κ1) is 14.6. The number of furan rings is 1. The van der Waals surface area contributed by atoms with Gasteiger partial charge in [0.15, 0.2) is 0 Å². The molecule has 1 aromatic heterocycles. The molecule has 2 fully saturated rings. The molecule has 0 spiro atoms. The van der Waals surface area contributed by atoms with Crippen molar-refractivity contribution in [3.05, 3.63) is 17.9 Å². The number of aromatic carboxylic acids is 1. The minimum Gasteiger partial charge on any atom is -0.475 e. The first-order valence-corrected chi connectivity index (χ1v) is 8.70. The minimum atomic E-state index is -3.81. The van der Waals surface area contributed by atoms with Gasteiger partial charge in [-0.3, -0.25) is 0 Å². The van der Waals surface area contributed by atoms with Gasteiger partial charge in [-0.2, -0.15) is 0 Å². The number of fused-ring (bicyclic) bond motifs is 2. The Morgan fingerprint density at radius 3 is 2.67 bits per heavy atom. The molecular formula is C14H19NO5S. The molecule has 0 radical (unpaired) electrons. The first-order chi connectivity index (χ1) is 9.87. The highest BCUT2D eigenvalue weighted by Crippen LogP contribution is 2.49. The van der Waals surface area contributed by atoms with Gasteiger partial charge in [-0.05, 0) is 56.1 Å². The summed E-state index contributed by atoms with van der Waals surface area (Å²) in [7, 11) is -3.81. The molecule has 4 atom stereocenters. The van der Waals surface area contributed by atoms with Crippen LogP contribution in [0.1, 0.15) is 43.2 Å². The van der Waals surface area contributed by atoms with Crippen molar-refractivity contribution in [3.8, 4) is 0 Å². The Morgan fingerprint density at radius 1 is 1.38 bits per heavy atom. The summed E-state index contributed by atoms with van der Waals surface area (Å²) in [6.45, 7) is 1.88. The van der Waals surface area contributed by atoms with E-state index in [1.54, 1.807) is 0 Å². The van der Waals surface area contributed by atoms with Crippen LogP contribution in [-0.2, 0) is 10.0 Å². The molecule has 21 heavy (non-hydrogen) atoms. The average molecular weight is 313 g/mol. The molecule has 7 heteroatoms. The zero-order chi connectivity index (χ0) is 15.2. The highest BCUT2D eigenvalue weighted by molar-refractivity contribution is 7.89. The molecule has 116 valence electrons. The van der Waals surface area contributed by atoms with Gasteiger partial charge in [-0.15, -0.1) is 0 Å². The van der Waals surface area contributed by atoms with Crippen molar-refractivity contribution in [2.75, 3.05) is 0 Å². The van der Waals surface area contributed by atoms with Crippen LogP contribution >= 0.6 is 0 Å². The Bertz CT molecular complexity index is 650. The normalized spacial score (nSPS) is 29.7. The van der Waals surface area contributed by atoms with Crippen molar-refractivity contribution < 1.29 is 22.7 Å². The first-order valence-electron chi connectivity index (χ1n) is 7.22. The topological polar surface area (TPSA) is 96.6 Å². The fourth-order valence-electron chi connectivity index (χ4n) is 3.88. The van der Waals surface area contributed by atoms with Crippen molar-refractivity contribution in [2.24, 2.45) is 17.8 Å². The van der Waals surface area contributed by atoms with Crippen molar-refractivity contribution in [2.45, 2.75) is 43.7 Å². The summed E-state index contributed by atoms with van der Waals surface area (Å²) < 4.78 is 32.0. The molecule has 2 aliphatic carbocycles. The second-order valence-electron chi connectivity index (χ2n) is 6.17. The lowest BCUT2D eigenvalue weighted by Gasteiger charge is -2.27. The molecule has 1 heterocycles. The number of hydrogen-bond donors (Lipinski definition) is 2. The van der Waals surface area contributed by atoms with Gasteiger partial charge in [0.2, 0.25) is 10.9 Å².